The van der Waals surface area contributed by atoms with Crippen molar-refractivity contribution in [2.24, 2.45) is 5.92 Å². The number of hydrogen-bond donors (Lipinski definition) is 2. The third-order valence-corrected chi connectivity index (χ3v) is 4.49. The van der Waals surface area contributed by atoms with Gasteiger partial charge in [-0.1, -0.05) is 11.8 Å². The van der Waals surface area contributed by atoms with Crippen molar-refractivity contribution in [3.05, 3.63) is 0 Å². The molecule has 8 nitrogen and oxygen atoms in total. The van der Waals surface area contributed by atoms with E-state index in [0.717, 1.165) is 0 Å². The van der Waals surface area contributed by atoms with Crippen molar-refractivity contribution in [2.45, 2.75) is 37.1 Å². The summed E-state index contributed by atoms with van der Waals surface area (Å²) in [5.74, 6) is 0.000986. The van der Waals surface area contributed by atoms with Crippen LogP contribution >= 0.6 is 11.8 Å². The van der Waals surface area contributed by atoms with E-state index in [2.05, 4.69) is 15.2 Å². The van der Waals surface area contributed by atoms with Gasteiger partial charge in [0.1, 0.15) is 0 Å². The first kappa shape index (κ1) is 16.6. The van der Waals surface area contributed by atoms with Crippen LogP contribution in [0.15, 0.2) is 5.16 Å². The first-order valence-electron chi connectivity index (χ1n) is 7.31. The molecule has 0 radical (unpaired) electrons. The number of nitrogen functional groups attached to an aromatic ring is 1. The molecule has 1 unspecified atom stereocenters. The van der Waals surface area contributed by atoms with E-state index in [1.165, 1.54) is 11.8 Å². The lowest BCUT2D eigenvalue weighted by Crippen LogP contribution is -2.43. The smallest absolute Gasteiger partial charge is 0.309 e. The van der Waals surface area contributed by atoms with Crippen LogP contribution in [0.3, 0.4) is 0 Å². The Morgan fingerprint density at radius 3 is 2.73 bits per heavy atom. The standard InChI is InChI=1S/C13H21N5O3S/c1-3-21-11(20)9-4-6-18(7-5-9)10(19)8(2)22-13-15-12(14)16-17-13/h8-9H,3-7H2,1-2H3,(H3,14,15,16,17). The van der Waals surface area contributed by atoms with Crippen LogP contribution in [-0.2, 0) is 14.3 Å². The number of carbonyl (C=O) groups excluding carboxylic acids is 2. The number of piperidine rings is 1. The summed E-state index contributed by atoms with van der Waals surface area (Å²) in [7, 11) is 0. The zero-order chi connectivity index (χ0) is 16.1. The molecule has 1 aromatic rings. The predicted molar refractivity (Wildman–Crippen MR) is 82.1 cm³/mol. The van der Waals surface area contributed by atoms with Crippen LogP contribution in [0.4, 0.5) is 5.95 Å². The van der Waals surface area contributed by atoms with Crippen molar-refractivity contribution in [2.75, 3.05) is 25.4 Å². The molecule has 0 aromatic carbocycles. The first-order chi connectivity index (χ1) is 10.5. The molecule has 1 aromatic heterocycles. The fourth-order valence-electron chi connectivity index (χ4n) is 2.37. The number of amides is 1. The Hall–Kier alpha value is -1.77. The summed E-state index contributed by atoms with van der Waals surface area (Å²) in [6.07, 6.45) is 1.30. The molecule has 1 aliphatic heterocycles. The Bertz CT molecular complexity index is 528. The minimum atomic E-state index is -0.297. The number of likely N-dealkylation sites (tertiary alicyclic amines) is 1. The van der Waals surface area contributed by atoms with Crippen LogP contribution in [-0.4, -0.2) is 56.9 Å². The number of H-pyrrole nitrogens is 1. The van der Waals surface area contributed by atoms with Crippen LogP contribution in [0.1, 0.15) is 26.7 Å². The van der Waals surface area contributed by atoms with Gasteiger partial charge in [-0.15, -0.1) is 5.10 Å². The molecule has 2 rings (SSSR count). The quantitative estimate of drug-likeness (QED) is 0.603. The Kier molecular flexibility index (Phi) is 5.64. The van der Waals surface area contributed by atoms with Gasteiger partial charge in [-0.25, -0.2) is 5.10 Å². The molecule has 3 N–H and O–H groups in total. The van der Waals surface area contributed by atoms with Gasteiger partial charge in [0.15, 0.2) is 0 Å². The molecule has 1 aliphatic rings. The van der Waals surface area contributed by atoms with Gasteiger partial charge in [-0.3, -0.25) is 9.59 Å². The van der Waals surface area contributed by atoms with Gasteiger partial charge in [-0.05, 0) is 26.7 Å². The highest BCUT2D eigenvalue weighted by Crippen LogP contribution is 2.24. The number of nitrogens with two attached hydrogens (primary N) is 1. The molecule has 0 saturated carbocycles. The number of hydrogen-bond acceptors (Lipinski definition) is 7. The van der Waals surface area contributed by atoms with Crippen LogP contribution in [0.25, 0.3) is 0 Å². The van der Waals surface area contributed by atoms with Gasteiger partial charge >= 0.3 is 5.97 Å². The van der Waals surface area contributed by atoms with E-state index >= 15 is 0 Å². The third kappa shape index (κ3) is 4.12. The van der Waals surface area contributed by atoms with E-state index in [4.69, 9.17) is 10.5 Å². The minimum absolute atomic E-state index is 0.0238. The maximum absolute atomic E-state index is 12.4. The number of anilines is 1. The number of carbonyl (C=O) groups is 2. The fraction of sp³-hybridized carbons (Fsp3) is 0.692. The fourth-order valence-corrected chi connectivity index (χ4v) is 3.19. The lowest BCUT2D eigenvalue weighted by Gasteiger charge is -2.32. The van der Waals surface area contributed by atoms with Crippen molar-refractivity contribution in [1.82, 2.24) is 20.1 Å². The number of aromatic amines is 1. The Balaban J connectivity index is 1.82. The molecule has 1 amide bonds. The topological polar surface area (TPSA) is 114 Å². The molecule has 1 atom stereocenters. The second-order valence-corrected chi connectivity index (χ2v) is 6.42. The molecule has 1 saturated heterocycles. The normalized spacial score (nSPS) is 17.3. The van der Waals surface area contributed by atoms with Gasteiger partial charge < -0.3 is 15.4 Å². The van der Waals surface area contributed by atoms with Crippen molar-refractivity contribution < 1.29 is 14.3 Å². The minimum Gasteiger partial charge on any atom is -0.466 e. The van der Waals surface area contributed by atoms with E-state index in [1.807, 2.05) is 6.92 Å². The first-order valence-corrected chi connectivity index (χ1v) is 8.19. The largest absolute Gasteiger partial charge is 0.466 e. The maximum atomic E-state index is 12.4. The predicted octanol–water partition coefficient (Wildman–Crippen LogP) is 0.669. The number of ether oxygens (including phenoxy) is 1. The Labute approximate surface area is 133 Å². The summed E-state index contributed by atoms with van der Waals surface area (Å²) >= 11 is 1.27. The molecule has 1 fully saturated rings. The zero-order valence-corrected chi connectivity index (χ0v) is 13.6. The summed E-state index contributed by atoms with van der Waals surface area (Å²) in [6.45, 7) is 5.15. The van der Waals surface area contributed by atoms with Gasteiger partial charge in [-0.2, -0.15) is 4.98 Å². The molecular weight excluding hydrogens is 306 g/mol. The van der Waals surface area contributed by atoms with Crippen LogP contribution < -0.4 is 5.73 Å². The summed E-state index contributed by atoms with van der Waals surface area (Å²) in [5.41, 5.74) is 5.46. The van der Waals surface area contributed by atoms with E-state index in [9.17, 15) is 9.59 Å². The number of nitrogens with one attached hydrogen (secondary N) is 1. The average Bonchev–Trinajstić information content (AvgIpc) is 2.92. The number of esters is 1. The van der Waals surface area contributed by atoms with E-state index in [-0.39, 0.29) is 29.0 Å². The monoisotopic (exact) mass is 327 g/mol. The summed E-state index contributed by atoms with van der Waals surface area (Å²) < 4.78 is 5.03. The second kappa shape index (κ2) is 7.48. The summed E-state index contributed by atoms with van der Waals surface area (Å²) in [4.78, 5) is 29.9. The zero-order valence-electron chi connectivity index (χ0n) is 12.7. The van der Waals surface area contributed by atoms with Gasteiger partial charge in [0, 0.05) is 13.1 Å². The van der Waals surface area contributed by atoms with Crippen LogP contribution in [0, 0.1) is 5.92 Å². The molecule has 0 aliphatic carbocycles. The molecule has 0 bridgehead atoms. The number of thioether (sulfide) groups is 1. The van der Waals surface area contributed by atoms with E-state index in [1.54, 1.807) is 11.8 Å². The molecular formula is C13H21N5O3S. The lowest BCUT2D eigenvalue weighted by atomic mass is 9.97. The van der Waals surface area contributed by atoms with Gasteiger partial charge in [0.25, 0.3) is 0 Å². The van der Waals surface area contributed by atoms with E-state index in [0.29, 0.717) is 37.7 Å². The summed E-state index contributed by atoms with van der Waals surface area (Å²) in [6, 6.07) is 0. The molecule has 9 heteroatoms. The van der Waals surface area contributed by atoms with Crippen molar-refractivity contribution in [1.29, 1.82) is 0 Å². The van der Waals surface area contributed by atoms with Gasteiger partial charge in [0.05, 0.1) is 17.8 Å². The highest BCUT2D eigenvalue weighted by molar-refractivity contribution is 8.00. The highest BCUT2D eigenvalue weighted by atomic mass is 32.2. The van der Waals surface area contributed by atoms with Crippen molar-refractivity contribution in [3.8, 4) is 0 Å². The second-order valence-electron chi connectivity index (χ2n) is 5.11. The van der Waals surface area contributed by atoms with Gasteiger partial charge in [0.2, 0.25) is 17.0 Å². The Morgan fingerprint density at radius 1 is 1.50 bits per heavy atom. The highest BCUT2D eigenvalue weighted by Gasteiger charge is 2.30. The number of rotatable bonds is 5. The van der Waals surface area contributed by atoms with Crippen molar-refractivity contribution >= 4 is 29.6 Å². The molecule has 2 heterocycles. The lowest BCUT2D eigenvalue weighted by molar-refractivity contribution is -0.151. The van der Waals surface area contributed by atoms with Crippen LogP contribution in [0.5, 0.6) is 0 Å². The van der Waals surface area contributed by atoms with E-state index < -0.39 is 0 Å². The maximum Gasteiger partial charge on any atom is 0.309 e. The van der Waals surface area contributed by atoms with Crippen LogP contribution in [0.2, 0.25) is 0 Å². The van der Waals surface area contributed by atoms with Crippen molar-refractivity contribution in [3.63, 3.8) is 0 Å². The number of nitrogens with zero attached hydrogens (tertiary/aromatic N) is 3. The number of aromatic nitrogens is 3. The molecule has 122 valence electrons. The molecule has 0 spiro atoms. The molecule has 22 heavy (non-hydrogen) atoms. The SMILES string of the molecule is CCOC(=O)C1CCN(C(=O)C(C)Sc2n[nH]c(N)n2)CC1. The Morgan fingerprint density at radius 2 is 2.18 bits per heavy atom. The third-order valence-electron chi connectivity index (χ3n) is 3.54. The average molecular weight is 327 g/mol. The summed E-state index contributed by atoms with van der Waals surface area (Å²) in [5, 5.41) is 6.61.